The second-order valence-corrected chi connectivity index (χ2v) is 7.27. The third-order valence-corrected chi connectivity index (χ3v) is 5.46. The summed E-state index contributed by atoms with van der Waals surface area (Å²) in [5, 5.41) is 11.8. The maximum atomic E-state index is 12.6. The van der Waals surface area contributed by atoms with Crippen LogP contribution in [0.5, 0.6) is 0 Å². The van der Waals surface area contributed by atoms with Gasteiger partial charge in [-0.2, -0.15) is 11.8 Å². The van der Waals surface area contributed by atoms with Crippen molar-refractivity contribution in [2.75, 3.05) is 16.8 Å². The molecule has 1 unspecified atom stereocenters. The molecule has 2 rings (SSSR count). The summed E-state index contributed by atoms with van der Waals surface area (Å²) in [6, 6.07) is 8.74. The van der Waals surface area contributed by atoms with E-state index in [1.807, 2.05) is 30.3 Å². The van der Waals surface area contributed by atoms with E-state index in [4.69, 9.17) is 10.8 Å². The average molecular weight is 336 g/mol. The molecule has 0 radical (unpaired) electrons. The lowest BCUT2D eigenvalue weighted by molar-refractivity contribution is -0.138. The number of aliphatic carboxylic acids is 1. The molecule has 1 aromatic rings. The van der Waals surface area contributed by atoms with Crippen molar-refractivity contribution in [1.82, 2.24) is 0 Å². The molecule has 0 aromatic heterocycles. The SMILES string of the molecule is NC(CCSCCC1(C(=O)Nc2ccccc2)CCC1)C(=O)O. The largest absolute Gasteiger partial charge is 0.480 e. The topological polar surface area (TPSA) is 92.4 Å². The number of carbonyl (C=O) groups excluding carboxylic acids is 1. The van der Waals surface area contributed by atoms with Crippen LogP contribution in [0.15, 0.2) is 30.3 Å². The fourth-order valence-electron chi connectivity index (χ4n) is 2.68. The standard InChI is InChI=1S/C17H24N2O3S/c18-14(15(20)21)7-11-23-12-10-17(8-4-9-17)16(22)19-13-5-2-1-3-6-13/h1-3,5-6,14H,4,7-12,18H2,(H,19,22)(H,20,21). The number of rotatable bonds is 9. The fraction of sp³-hybridized carbons (Fsp3) is 0.529. The molecule has 1 atom stereocenters. The van der Waals surface area contributed by atoms with Gasteiger partial charge < -0.3 is 16.2 Å². The third kappa shape index (κ3) is 4.97. The molecule has 1 saturated carbocycles. The number of anilines is 1. The molecule has 1 aliphatic rings. The number of carboxylic acid groups (broad SMARTS) is 1. The van der Waals surface area contributed by atoms with Crippen molar-refractivity contribution in [3.05, 3.63) is 30.3 Å². The van der Waals surface area contributed by atoms with Crippen LogP contribution in [0.1, 0.15) is 32.1 Å². The molecule has 1 amide bonds. The quantitative estimate of drug-likeness (QED) is 0.603. The van der Waals surface area contributed by atoms with Crippen LogP contribution in [0, 0.1) is 5.41 Å². The van der Waals surface area contributed by atoms with E-state index in [2.05, 4.69) is 5.32 Å². The molecule has 6 heteroatoms. The van der Waals surface area contributed by atoms with Crippen LogP contribution in [-0.4, -0.2) is 34.5 Å². The van der Waals surface area contributed by atoms with Crippen LogP contribution in [0.4, 0.5) is 5.69 Å². The molecule has 0 saturated heterocycles. The number of nitrogens with two attached hydrogens (primary N) is 1. The highest BCUT2D eigenvalue weighted by molar-refractivity contribution is 7.99. The molecule has 0 heterocycles. The molecule has 1 aliphatic carbocycles. The Morgan fingerprint density at radius 2 is 1.96 bits per heavy atom. The van der Waals surface area contributed by atoms with E-state index < -0.39 is 12.0 Å². The lowest BCUT2D eigenvalue weighted by atomic mass is 9.66. The van der Waals surface area contributed by atoms with Gasteiger partial charge >= 0.3 is 5.97 Å². The Kier molecular flexibility index (Phi) is 6.47. The summed E-state index contributed by atoms with van der Waals surface area (Å²) >= 11 is 1.68. The minimum absolute atomic E-state index is 0.109. The van der Waals surface area contributed by atoms with Gasteiger partial charge in [0.25, 0.3) is 0 Å². The summed E-state index contributed by atoms with van der Waals surface area (Å²) in [6.45, 7) is 0. The molecule has 23 heavy (non-hydrogen) atoms. The number of amides is 1. The molecule has 5 nitrogen and oxygen atoms in total. The monoisotopic (exact) mass is 336 g/mol. The summed E-state index contributed by atoms with van der Waals surface area (Å²) in [5.74, 6) is 0.722. The Bertz CT molecular complexity index is 532. The Morgan fingerprint density at radius 3 is 2.52 bits per heavy atom. The van der Waals surface area contributed by atoms with Gasteiger partial charge in [0.1, 0.15) is 6.04 Å². The summed E-state index contributed by atoms with van der Waals surface area (Å²) < 4.78 is 0. The maximum Gasteiger partial charge on any atom is 0.320 e. The van der Waals surface area contributed by atoms with Crippen molar-refractivity contribution in [3.8, 4) is 0 Å². The molecular weight excluding hydrogens is 312 g/mol. The van der Waals surface area contributed by atoms with Crippen LogP contribution in [0.25, 0.3) is 0 Å². The lowest BCUT2D eigenvalue weighted by Gasteiger charge is -2.40. The number of hydrogen-bond donors (Lipinski definition) is 3. The first-order chi connectivity index (χ1) is 11.0. The van der Waals surface area contributed by atoms with E-state index in [0.29, 0.717) is 12.2 Å². The Morgan fingerprint density at radius 1 is 1.26 bits per heavy atom. The lowest BCUT2D eigenvalue weighted by Crippen LogP contribution is -2.42. The highest BCUT2D eigenvalue weighted by atomic mass is 32.2. The number of hydrogen-bond acceptors (Lipinski definition) is 4. The van der Waals surface area contributed by atoms with Crippen molar-refractivity contribution in [3.63, 3.8) is 0 Å². The van der Waals surface area contributed by atoms with Gasteiger partial charge in [0.2, 0.25) is 5.91 Å². The summed E-state index contributed by atoms with van der Waals surface area (Å²) in [6.07, 6.45) is 4.25. The van der Waals surface area contributed by atoms with Crippen molar-refractivity contribution < 1.29 is 14.7 Å². The highest BCUT2D eigenvalue weighted by Gasteiger charge is 2.43. The first-order valence-corrected chi connectivity index (χ1v) is 9.12. The number of thioether (sulfide) groups is 1. The molecule has 0 aliphatic heterocycles. The summed E-state index contributed by atoms with van der Waals surface area (Å²) in [7, 11) is 0. The van der Waals surface area contributed by atoms with Gasteiger partial charge in [-0.1, -0.05) is 24.6 Å². The van der Waals surface area contributed by atoms with Gasteiger partial charge in [-0.05, 0) is 49.3 Å². The van der Waals surface area contributed by atoms with Crippen LogP contribution in [-0.2, 0) is 9.59 Å². The number of para-hydroxylation sites is 1. The first kappa shape index (κ1) is 17.8. The zero-order valence-corrected chi connectivity index (χ0v) is 14.0. The van der Waals surface area contributed by atoms with Crippen molar-refractivity contribution in [2.45, 2.75) is 38.1 Å². The van der Waals surface area contributed by atoms with E-state index in [1.165, 1.54) is 0 Å². The van der Waals surface area contributed by atoms with E-state index in [-0.39, 0.29) is 11.3 Å². The number of carboxylic acids is 1. The van der Waals surface area contributed by atoms with Gasteiger partial charge in [-0.25, -0.2) is 0 Å². The van der Waals surface area contributed by atoms with Gasteiger partial charge in [0.15, 0.2) is 0 Å². The van der Waals surface area contributed by atoms with Crippen molar-refractivity contribution >= 4 is 29.3 Å². The molecule has 1 aromatic carbocycles. The zero-order chi connectivity index (χ0) is 16.7. The van der Waals surface area contributed by atoms with Gasteiger partial charge in [0, 0.05) is 5.69 Å². The van der Waals surface area contributed by atoms with Crippen LogP contribution >= 0.6 is 11.8 Å². The first-order valence-electron chi connectivity index (χ1n) is 7.96. The molecule has 126 valence electrons. The summed E-state index contributed by atoms with van der Waals surface area (Å²) in [4.78, 5) is 23.2. The second kappa shape index (κ2) is 8.36. The second-order valence-electron chi connectivity index (χ2n) is 6.05. The maximum absolute atomic E-state index is 12.6. The smallest absolute Gasteiger partial charge is 0.320 e. The fourth-order valence-corrected chi connectivity index (χ4v) is 3.84. The van der Waals surface area contributed by atoms with Gasteiger partial charge in [-0.15, -0.1) is 0 Å². The van der Waals surface area contributed by atoms with E-state index >= 15 is 0 Å². The number of nitrogens with one attached hydrogen (secondary N) is 1. The molecule has 0 spiro atoms. The normalized spacial score (nSPS) is 17.1. The molecule has 0 bridgehead atoms. The zero-order valence-electron chi connectivity index (χ0n) is 13.2. The Hall–Kier alpha value is -1.53. The van der Waals surface area contributed by atoms with E-state index in [1.54, 1.807) is 11.8 Å². The third-order valence-electron chi connectivity index (χ3n) is 4.44. The van der Waals surface area contributed by atoms with E-state index in [0.717, 1.165) is 37.1 Å². The van der Waals surface area contributed by atoms with Gasteiger partial charge in [-0.3, -0.25) is 9.59 Å². The Balaban J connectivity index is 1.75. The predicted molar refractivity (Wildman–Crippen MR) is 93.5 cm³/mol. The van der Waals surface area contributed by atoms with E-state index in [9.17, 15) is 9.59 Å². The van der Waals surface area contributed by atoms with Crippen LogP contribution in [0.3, 0.4) is 0 Å². The highest BCUT2D eigenvalue weighted by Crippen LogP contribution is 2.45. The summed E-state index contributed by atoms with van der Waals surface area (Å²) in [5.41, 5.74) is 6.06. The number of carbonyl (C=O) groups is 2. The van der Waals surface area contributed by atoms with Crippen LogP contribution < -0.4 is 11.1 Å². The molecule has 4 N–H and O–H groups in total. The molecule has 1 fully saturated rings. The average Bonchev–Trinajstić information content (AvgIpc) is 2.49. The minimum atomic E-state index is -0.955. The van der Waals surface area contributed by atoms with Crippen molar-refractivity contribution in [2.24, 2.45) is 11.1 Å². The van der Waals surface area contributed by atoms with Gasteiger partial charge in [0.05, 0.1) is 5.41 Å². The molecular formula is C17H24N2O3S. The van der Waals surface area contributed by atoms with Crippen molar-refractivity contribution in [1.29, 1.82) is 0 Å². The van der Waals surface area contributed by atoms with Crippen LogP contribution in [0.2, 0.25) is 0 Å². The minimum Gasteiger partial charge on any atom is -0.480 e. The number of benzene rings is 1. The predicted octanol–water partition coefficient (Wildman–Crippen LogP) is 2.72. The Labute approximate surface area is 141 Å².